The van der Waals surface area contributed by atoms with Gasteiger partial charge in [0.1, 0.15) is 0 Å². The zero-order valence-corrected chi connectivity index (χ0v) is 6.70. The molecule has 3 heteroatoms. The van der Waals surface area contributed by atoms with E-state index in [-0.39, 0.29) is 12.7 Å². The van der Waals surface area contributed by atoms with E-state index in [0.717, 1.165) is 12.8 Å². The summed E-state index contributed by atoms with van der Waals surface area (Å²) in [5.41, 5.74) is 0. The second kappa shape index (κ2) is 4.70. The van der Waals surface area contributed by atoms with E-state index in [4.69, 9.17) is 14.9 Å². The van der Waals surface area contributed by atoms with Gasteiger partial charge >= 0.3 is 0 Å². The molecule has 3 nitrogen and oxygen atoms in total. The normalized spacial score (nSPS) is 21.0. The molecule has 0 radical (unpaired) electrons. The molecule has 0 heterocycles. The molecular weight excluding hydrogens is 144 g/mol. The highest BCUT2D eigenvalue weighted by Gasteiger charge is 2.14. The van der Waals surface area contributed by atoms with Gasteiger partial charge in [0.15, 0.2) is 6.29 Å². The van der Waals surface area contributed by atoms with Gasteiger partial charge in [0.2, 0.25) is 0 Å². The molecule has 11 heavy (non-hydrogen) atoms. The molecule has 66 valence electrons. The van der Waals surface area contributed by atoms with Crippen LogP contribution in [-0.4, -0.2) is 29.2 Å². The van der Waals surface area contributed by atoms with Crippen molar-refractivity contribution in [2.45, 2.75) is 44.5 Å². The fourth-order valence-corrected chi connectivity index (χ4v) is 1.45. The number of hydrogen-bond acceptors (Lipinski definition) is 3. The number of ether oxygens (including phenoxy) is 1. The number of aliphatic hydroxyl groups is 2. The lowest BCUT2D eigenvalue weighted by Crippen LogP contribution is -2.23. The van der Waals surface area contributed by atoms with Crippen LogP contribution in [0.2, 0.25) is 0 Å². The Labute approximate surface area is 67.0 Å². The predicted octanol–water partition coefficient (Wildman–Crippen LogP) is 0.646. The van der Waals surface area contributed by atoms with Crippen LogP contribution in [0.25, 0.3) is 0 Å². The Hall–Kier alpha value is -0.120. The Kier molecular flexibility index (Phi) is 3.83. The topological polar surface area (TPSA) is 49.7 Å². The molecule has 0 aromatic carbocycles. The van der Waals surface area contributed by atoms with Crippen LogP contribution >= 0.6 is 0 Å². The standard InChI is InChI=1S/C8H16O3/c9-8(10)6-11-7-4-2-1-3-5-7/h7-10H,1-6H2. The van der Waals surface area contributed by atoms with E-state index in [9.17, 15) is 0 Å². The van der Waals surface area contributed by atoms with Crippen molar-refractivity contribution >= 4 is 0 Å². The molecule has 1 aliphatic rings. The Morgan fingerprint density at radius 1 is 1.18 bits per heavy atom. The zero-order chi connectivity index (χ0) is 8.10. The Morgan fingerprint density at radius 3 is 2.36 bits per heavy atom. The van der Waals surface area contributed by atoms with E-state index in [1.165, 1.54) is 19.3 Å². The minimum Gasteiger partial charge on any atom is -0.373 e. The molecule has 1 saturated carbocycles. The summed E-state index contributed by atoms with van der Waals surface area (Å²) in [6.07, 6.45) is 4.83. The highest BCUT2D eigenvalue weighted by molar-refractivity contribution is 4.64. The van der Waals surface area contributed by atoms with Crippen LogP contribution in [0.1, 0.15) is 32.1 Å². The van der Waals surface area contributed by atoms with E-state index >= 15 is 0 Å². The van der Waals surface area contributed by atoms with Crippen LogP contribution in [0.15, 0.2) is 0 Å². The summed E-state index contributed by atoms with van der Waals surface area (Å²) >= 11 is 0. The summed E-state index contributed by atoms with van der Waals surface area (Å²) in [5.74, 6) is 0. The largest absolute Gasteiger partial charge is 0.373 e. The highest BCUT2D eigenvalue weighted by Crippen LogP contribution is 2.19. The summed E-state index contributed by atoms with van der Waals surface area (Å²) in [6, 6.07) is 0. The van der Waals surface area contributed by atoms with Gasteiger partial charge < -0.3 is 14.9 Å². The van der Waals surface area contributed by atoms with Gasteiger partial charge in [0.25, 0.3) is 0 Å². The highest BCUT2D eigenvalue weighted by atomic mass is 16.5. The van der Waals surface area contributed by atoms with E-state index in [2.05, 4.69) is 0 Å². The maximum atomic E-state index is 8.51. The summed E-state index contributed by atoms with van der Waals surface area (Å²) in [6.45, 7) is 0.0602. The van der Waals surface area contributed by atoms with Crippen molar-refractivity contribution in [1.82, 2.24) is 0 Å². The minimum atomic E-state index is -1.31. The van der Waals surface area contributed by atoms with Crippen molar-refractivity contribution < 1.29 is 14.9 Å². The average molecular weight is 160 g/mol. The second-order valence-corrected chi connectivity index (χ2v) is 3.07. The zero-order valence-electron chi connectivity index (χ0n) is 6.70. The van der Waals surface area contributed by atoms with Crippen LogP contribution in [0, 0.1) is 0 Å². The molecule has 0 saturated heterocycles. The first-order valence-corrected chi connectivity index (χ1v) is 4.27. The quantitative estimate of drug-likeness (QED) is 0.596. The van der Waals surface area contributed by atoms with E-state index in [0.29, 0.717) is 0 Å². The predicted molar refractivity (Wildman–Crippen MR) is 41.1 cm³/mol. The fourth-order valence-electron chi connectivity index (χ4n) is 1.45. The monoisotopic (exact) mass is 160 g/mol. The molecule has 0 aromatic rings. The van der Waals surface area contributed by atoms with Gasteiger partial charge in [-0.15, -0.1) is 0 Å². The number of rotatable bonds is 3. The van der Waals surface area contributed by atoms with Crippen molar-refractivity contribution in [3.05, 3.63) is 0 Å². The first-order chi connectivity index (χ1) is 5.29. The molecule has 1 aliphatic carbocycles. The first kappa shape index (κ1) is 8.97. The molecule has 1 fully saturated rings. The third-order valence-electron chi connectivity index (χ3n) is 2.03. The first-order valence-electron chi connectivity index (χ1n) is 4.27. The third kappa shape index (κ3) is 3.70. The second-order valence-electron chi connectivity index (χ2n) is 3.07. The molecule has 0 spiro atoms. The number of aliphatic hydroxyl groups excluding tert-OH is 1. The van der Waals surface area contributed by atoms with Gasteiger partial charge in [-0.1, -0.05) is 19.3 Å². The van der Waals surface area contributed by atoms with Crippen LogP contribution in [0.4, 0.5) is 0 Å². The van der Waals surface area contributed by atoms with Crippen molar-refractivity contribution in [3.63, 3.8) is 0 Å². The van der Waals surface area contributed by atoms with Crippen molar-refractivity contribution in [2.24, 2.45) is 0 Å². The SMILES string of the molecule is OC(O)COC1CCCCC1. The Balaban J connectivity index is 2.05. The number of hydrogen-bond donors (Lipinski definition) is 2. The van der Waals surface area contributed by atoms with Gasteiger partial charge in [-0.05, 0) is 12.8 Å². The van der Waals surface area contributed by atoms with E-state index < -0.39 is 6.29 Å². The molecular formula is C8H16O3. The fraction of sp³-hybridized carbons (Fsp3) is 1.00. The summed E-state index contributed by atoms with van der Waals surface area (Å²) < 4.78 is 5.24. The maximum absolute atomic E-state index is 8.51. The van der Waals surface area contributed by atoms with Crippen molar-refractivity contribution in [3.8, 4) is 0 Å². The molecule has 0 amide bonds. The van der Waals surface area contributed by atoms with Crippen molar-refractivity contribution in [1.29, 1.82) is 0 Å². The Morgan fingerprint density at radius 2 is 1.82 bits per heavy atom. The summed E-state index contributed by atoms with van der Waals surface area (Å²) in [7, 11) is 0. The smallest absolute Gasteiger partial charge is 0.175 e. The van der Waals surface area contributed by atoms with Crippen LogP contribution in [0.3, 0.4) is 0 Å². The van der Waals surface area contributed by atoms with Crippen molar-refractivity contribution in [2.75, 3.05) is 6.61 Å². The van der Waals surface area contributed by atoms with Gasteiger partial charge in [-0.2, -0.15) is 0 Å². The van der Waals surface area contributed by atoms with Crippen LogP contribution < -0.4 is 0 Å². The molecule has 0 aliphatic heterocycles. The van der Waals surface area contributed by atoms with Gasteiger partial charge in [-0.25, -0.2) is 0 Å². The average Bonchev–Trinajstić information content (AvgIpc) is 2.03. The molecule has 1 rings (SSSR count). The lowest BCUT2D eigenvalue weighted by atomic mass is 9.98. The summed E-state index contributed by atoms with van der Waals surface area (Å²) in [4.78, 5) is 0. The minimum absolute atomic E-state index is 0.0602. The molecule has 0 atom stereocenters. The van der Waals surface area contributed by atoms with E-state index in [1.54, 1.807) is 0 Å². The molecule has 2 N–H and O–H groups in total. The Bertz CT molecular complexity index is 97.5. The van der Waals surface area contributed by atoms with Gasteiger partial charge in [-0.3, -0.25) is 0 Å². The third-order valence-corrected chi connectivity index (χ3v) is 2.03. The maximum Gasteiger partial charge on any atom is 0.175 e. The molecule has 0 unspecified atom stereocenters. The molecule has 0 aromatic heterocycles. The van der Waals surface area contributed by atoms with Gasteiger partial charge in [0, 0.05) is 0 Å². The lowest BCUT2D eigenvalue weighted by molar-refractivity contribution is -0.116. The lowest BCUT2D eigenvalue weighted by Gasteiger charge is -2.22. The van der Waals surface area contributed by atoms with Crippen LogP contribution in [-0.2, 0) is 4.74 Å². The molecule has 0 bridgehead atoms. The van der Waals surface area contributed by atoms with E-state index in [1.807, 2.05) is 0 Å². The summed E-state index contributed by atoms with van der Waals surface area (Å²) in [5, 5.41) is 17.0. The van der Waals surface area contributed by atoms with Crippen LogP contribution in [0.5, 0.6) is 0 Å². The van der Waals surface area contributed by atoms with Gasteiger partial charge in [0.05, 0.1) is 12.7 Å².